The third-order valence-corrected chi connectivity index (χ3v) is 6.04. The van der Waals surface area contributed by atoms with Gasteiger partial charge < -0.3 is 9.80 Å². The summed E-state index contributed by atoms with van der Waals surface area (Å²) in [5, 5.41) is 2.66. The van der Waals surface area contributed by atoms with Crippen LogP contribution < -0.4 is 9.80 Å². The summed E-state index contributed by atoms with van der Waals surface area (Å²) in [7, 11) is 8.33. The summed E-state index contributed by atoms with van der Waals surface area (Å²) in [6.07, 6.45) is 0. The predicted octanol–water partition coefficient (Wildman–Crippen LogP) is 6.29. The number of hydrogen-bond acceptors (Lipinski definition) is 2. The van der Waals surface area contributed by atoms with Gasteiger partial charge in [0, 0.05) is 39.6 Å². The van der Waals surface area contributed by atoms with E-state index < -0.39 is 0 Å². The Hall–Kier alpha value is -3.52. The summed E-state index contributed by atoms with van der Waals surface area (Å²) in [5.41, 5.74) is 10.2. The van der Waals surface area contributed by atoms with E-state index in [0.29, 0.717) is 0 Å². The van der Waals surface area contributed by atoms with Crippen LogP contribution in [0.5, 0.6) is 0 Å². The summed E-state index contributed by atoms with van der Waals surface area (Å²) < 4.78 is 0. The molecule has 1 aliphatic rings. The molecule has 0 atom stereocenters. The highest BCUT2D eigenvalue weighted by Gasteiger charge is 2.26. The van der Waals surface area contributed by atoms with Crippen molar-refractivity contribution in [2.75, 3.05) is 38.0 Å². The van der Waals surface area contributed by atoms with Gasteiger partial charge in [0.1, 0.15) is 0 Å². The summed E-state index contributed by atoms with van der Waals surface area (Å²) in [5.74, 6) is 0. The topological polar surface area (TPSA) is 6.48 Å². The summed E-state index contributed by atoms with van der Waals surface area (Å²) in [4.78, 5) is 4.28. The Morgan fingerprint density at radius 3 is 1.23 bits per heavy atom. The van der Waals surface area contributed by atoms with E-state index in [4.69, 9.17) is 0 Å². The second-order valence-corrected chi connectivity index (χ2v) is 8.34. The Bertz CT molecular complexity index is 1160. The minimum atomic E-state index is 1.21. The molecule has 2 nitrogen and oxygen atoms in total. The molecule has 4 aromatic carbocycles. The van der Waals surface area contributed by atoms with Gasteiger partial charge in [0.15, 0.2) is 0 Å². The number of anilines is 2. The van der Waals surface area contributed by atoms with Crippen LogP contribution in [-0.4, -0.2) is 28.2 Å². The molecular weight excluding hydrogens is 364 g/mol. The fraction of sp³-hybridized carbons (Fsp3) is 0.143. The van der Waals surface area contributed by atoms with Gasteiger partial charge in [0.2, 0.25) is 0 Å². The number of hydrogen-bond donors (Lipinski definition) is 0. The van der Waals surface area contributed by atoms with E-state index in [1.54, 1.807) is 0 Å². The van der Waals surface area contributed by atoms with E-state index in [0.717, 1.165) is 0 Å². The zero-order chi connectivity index (χ0) is 20.8. The smallest absolute Gasteiger partial charge is 0.0361 e. The van der Waals surface area contributed by atoms with Gasteiger partial charge in [-0.25, -0.2) is 0 Å². The lowest BCUT2D eigenvalue weighted by atomic mass is 9.92. The summed E-state index contributed by atoms with van der Waals surface area (Å²) in [6, 6.07) is 31.2. The van der Waals surface area contributed by atoms with E-state index in [9.17, 15) is 0 Å². The number of rotatable bonds is 4. The van der Waals surface area contributed by atoms with Crippen molar-refractivity contribution in [2.24, 2.45) is 0 Å². The van der Waals surface area contributed by atoms with Crippen LogP contribution in [0.15, 0.2) is 84.9 Å². The van der Waals surface area contributed by atoms with Crippen molar-refractivity contribution in [1.29, 1.82) is 0 Å². The fourth-order valence-electron chi connectivity index (χ4n) is 4.48. The summed E-state index contributed by atoms with van der Waals surface area (Å²) in [6.45, 7) is 0. The van der Waals surface area contributed by atoms with Crippen LogP contribution in [0, 0.1) is 0 Å². The zero-order valence-corrected chi connectivity index (χ0v) is 18.0. The zero-order valence-electron chi connectivity index (χ0n) is 18.0. The Labute approximate surface area is 178 Å². The Kier molecular flexibility index (Phi) is 4.36. The van der Waals surface area contributed by atoms with Gasteiger partial charge >= 0.3 is 0 Å². The Morgan fingerprint density at radius 2 is 0.867 bits per heavy atom. The van der Waals surface area contributed by atoms with Gasteiger partial charge in [-0.2, -0.15) is 0 Å². The van der Waals surface area contributed by atoms with Crippen LogP contribution >= 0.6 is 0 Å². The molecule has 0 unspecified atom stereocenters. The molecule has 0 heterocycles. The Morgan fingerprint density at radius 1 is 0.467 bits per heavy atom. The van der Waals surface area contributed by atoms with Gasteiger partial charge in [-0.1, -0.05) is 60.7 Å². The minimum absolute atomic E-state index is 1.21. The van der Waals surface area contributed by atoms with E-state index in [-0.39, 0.29) is 0 Å². The highest BCUT2D eigenvalue weighted by atomic mass is 15.1. The van der Waals surface area contributed by atoms with Gasteiger partial charge in [-0.15, -0.1) is 0 Å². The lowest BCUT2D eigenvalue weighted by Crippen LogP contribution is -2.08. The molecule has 0 aliphatic heterocycles. The third-order valence-electron chi connectivity index (χ3n) is 6.04. The molecule has 2 heteroatoms. The average Bonchev–Trinajstić information content (AvgIpc) is 3.10. The van der Waals surface area contributed by atoms with Crippen LogP contribution in [0.3, 0.4) is 0 Å². The van der Waals surface area contributed by atoms with E-state index in [1.165, 1.54) is 55.5 Å². The van der Waals surface area contributed by atoms with Crippen molar-refractivity contribution in [2.45, 2.75) is 0 Å². The van der Waals surface area contributed by atoms with Crippen LogP contribution in [-0.2, 0) is 0 Å². The lowest BCUT2D eigenvalue weighted by Gasteiger charge is -2.16. The molecule has 5 rings (SSSR count). The monoisotopic (exact) mass is 390 g/mol. The van der Waals surface area contributed by atoms with E-state index in [2.05, 4.69) is 123 Å². The van der Waals surface area contributed by atoms with Crippen molar-refractivity contribution >= 4 is 33.3 Å². The molecule has 0 fully saturated rings. The van der Waals surface area contributed by atoms with E-state index >= 15 is 0 Å². The van der Waals surface area contributed by atoms with Crippen LogP contribution in [0.25, 0.3) is 21.9 Å². The number of nitrogens with zero attached hydrogens (tertiary/aromatic N) is 2. The summed E-state index contributed by atoms with van der Waals surface area (Å²) >= 11 is 0. The van der Waals surface area contributed by atoms with Crippen molar-refractivity contribution in [1.82, 2.24) is 0 Å². The van der Waals surface area contributed by atoms with Crippen molar-refractivity contribution in [3.8, 4) is 0 Å². The lowest BCUT2D eigenvalue weighted by molar-refractivity contribution is 1.13. The molecule has 30 heavy (non-hydrogen) atoms. The number of benzene rings is 4. The second kappa shape index (κ2) is 7.07. The third kappa shape index (κ3) is 2.88. The molecule has 0 spiro atoms. The normalized spacial score (nSPS) is 12.5. The molecule has 0 aromatic heterocycles. The molecule has 0 amide bonds. The van der Waals surface area contributed by atoms with Crippen LogP contribution in [0.2, 0.25) is 0 Å². The van der Waals surface area contributed by atoms with Gasteiger partial charge in [0.25, 0.3) is 0 Å². The first-order valence-corrected chi connectivity index (χ1v) is 10.4. The van der Waals surface area contributed by atoms with Crippen molar-refractivity contribution < 1.29 is 0 Å². The molecule has 0 saturated heterocycles. The van der Waals surface area contributed by atoms with Crippen LogP contribution in [0.1, 0.15) is 22.3 Å². The standard InChI is InChI=1S/C28H26N2/c1-29(2)22-15-11-20(12-16-22)27-24-9-5-7-19-8-6-10-25(26(19)24)28(27)21-13-17-23(18-14-21)30(3)4/h5-18H,1-4H3. The SMILES string of the molecule is CN(C)c1ccc(C2=C(c3ccc(N(C)C)cc3)c3cccc4cccc2c34)cc1. The van der Waals surface area contributed by atoms with Crippen molar-refractivity contribution in [3.05, 3.63) is 107 Å². The van der Waals surface area contributed by atoms with Gasteiger partial charge in [-0.3, -0.25) is 0 Å². The highest BCUT2D eigenvalue weighted by molar-refractivity contribution is 6.20. The van der Waals surface area contributed by atoms with Crippen molar-refractivity contribution in [3.63, 3.8) is 0 Å². The minimum Gasteiger partial charge on any atom is -0.378 e. The molecule has 0 N–H and O–H groups in total. The van der Waals surface area contributed by atoms with Crippen LogP contribution in [0.4, 0.5) is 11.4 Å². The maximum absolute atomic E-state index is 2.27. The maximum Gasteiger partial charge on any atom is 0.0361 e. The second-order valence-electron chi connectivity index (χ2n) is 8.34. The van der Waals surface area contributed by atoms with E-state index in [1.807, 2.05) is 0 Å². The Balaban J connectivity index is 1.77. The van der Waals surface area contributed by atoms with Gasteiger partial charge in [-0.05, 0) is 68.4 Å². The molecule has 0 bridgehead atoms. The quantitative estimate of drug-likeness (QED) is 0.356. The first-order chi connectivity index (χ1) is 14.5. The van der Waals surface area contributed by atoms with Gasteiger partial charge in [0.05, 0.1) is 0 Å². The molecule has 1 aliphatic carbocycles. The molecule has 4 aromatic rings. The highest BCUT2D eigenvalue weighted by Crippen LogP contribution is 2.48. The maximum atomic E-state index is 2.27. The molecular formula is C28H26N2. The predicted molar refractivity (Wildman–Crippen MR) is 131 cm³/mol. The first kappa shape index (κ1) is 18.5. The molecule has 0 radical (unpaired) electrons. The first-order valence-electron chi connectivity index (χ1n) is 10.4. The molecule has 0 saturated carbocycles. The average molecular weight is 391 g/mol. The largest absolute Gasteiger partial charge is 0.378 e. The molecule has 148 valence electrons. The fourth-order valence-corrected chi connectivity index (χ4v) is 4.48.